The lowest BCUT2D eigenvalue weighted by Crippen LogP contribution is -2.49. The van der Waals surface area contributed by atoms with Crippen molar-refractivity contribution in [3.63, 3.8) is 0 Å². The molecule has 26 heavy (non-hydrogen) atoms. The Morgan fingerprint density at radius 3 is 2.58 bits per heavy atom. The fraction of sp³-hybridized carbons (Fsp3) is 0.500. The number of aromatic nitrogens is 1. The van der Waals surface area contributed by atoms with Crippen LogP contribution in [0.3, 0.4) is 0 Å². The molecule has 1 N–H and O–H groups in total. The van der Waals surface area contributed by atoms with Gasteiger partial charge in [0.1, 0.15) is 0 Å². The molecular formula is C20H28N4O2. The van der Waals surface area contributed by atoms with E-state index in [2.05, 4.69) is 39.3 Å². The van der Waals surface area contributed by atoms with E-state index in [1.54, 1.807) is 0 Å². The molecule has 0 saturated carbocycles. The van der Waals surface area contributed by atoms with Gasteiger partial charge in [0.2, 0.25) is 5.91 Å². The number of nitrogens with zero attached hydrogens (tertiary/aromatic N) is 3. The van der Waals surface area contributed by atoms with E-state index in [0.717, 1.165) is 50.6 Å². The van der Waals surface area contributed by atoms with Crippen molar-refractivity contribution < 1.29 is 9.32 Å². The SMILES string of the molecule is Cc1cc(CN2CCN(CC(=O)NCCc3ccccc3C)CC2)on1. The zero-order chi connectivity index (χ0) is 18.4. The van der Waals surface area contributed by atoms with Crippen molar-refractivity contribution in [2.24, 2.45) is 0 Å². The lowest BCUT2D eigenvalue weighted by molar-refractivity contribution is -0.122. The van der Waals surface area contributed by atoms with Crippen molar-refractivity contribution in [2.75, 3.05) is 39.3 Å². The highest BCUT2D eigenvalue weighted by Gasteiger charge is 2.20. The molecule has 6 nitrogen and oxygen atoms in total. The zero-order valence-corrected chi connectivity index (χ0v) is 15.7. The standard InChI is InChI=1S/C20H28N4O2/c1-16-5-3-4-6-18(16)7-8-21-20(25)15-24-11-9-23(10-12-24)14-19-13-17(2)22-26-19/h3-6,13H,7-12,14-15H2,1-2H3,(H,21,25). The number of carbonyl (C=O) groups excluding carboxylic acids is 1. The van der Waals surface area contributed by atoms with E-state index in [1.807, 2.05) is 25.1 Å². The molecule has 0 bridgehead atoms. The van der Waals surface area contributed by atoms with Crippen LogP contribution in [0.1, 0.15) is 22.6 Å². The predicted octanol–water partition coefficient (Wildman–Crippen LogP) is 1.77. The van der Waals surface area contributed by atoms with Gasteiger partial charge < -0.3 is 9.84 Å². The van der Waals surface area contributed by atoms with Gasteiger partial charge >= 0.3 is 0 Å². The van der Waals surface area contributed by atoms with Gasteiger partial charge in [0.15, 0.2) is 5.76 Å². The minimum Gasteiger partial charge on any atom is -0.360 e. The van der Waals surface area contributed by atoms with Crippen LogP contribution in [0.4, 0.5) is 0 Å². The predicted molar refractivity (Wildman–Crippen MR) is 101 cm³/mol. The topological polar surface area (TPSA) is 61.6 Å². The van der Waals surface area contributed by atoms with Crippen LogP contribution in [0.5, 0.6) is 0 Å². The Morgan fingerprint density at radius 2 is 1.88 bits per heavy atom. The van der Waals surface area contributed by atoms with Gasteiger partial charge in [-0.05, 0) is 31.4 Å². The molecule has 1 aliphatic rings. The molecule has 1 aliphatic heterocycles. The van der Waals surface area contributed by atoms with E-state index >= 15 is 0 Å². The largest absolute Gasteiger partial charge is 0.360 e. The first kappa shape index (κ1) is 18.6. The van der Waals surface area contributed by atoms with Crippen molar-refractivity contribution in [3.8, 4) is 0 Å². The summed E-state index contributed by atoms with van der Waals surface area (Å²) in [5, 5.41) is 6.97. The second-order valence-electron chi connectivity index (χ2n) is 7.01. The molecule has 1 saturated heterocycles. The van der Waals surface area contributed by atoms with Crippen molar-refractivity contribution in [3.05, 3.63) is 52.9 Å². The summed E-state index contributed by atoms with van der Waals surface area (Å²) in [5.41, 5.74) is 3.49. The van der Waals surface area contributed by atoms with E-state index in [4.69, 9.17) is 4.52 Å². The molecule has 1 amide bonds. The number of nitrogens with one attached hydrogen (secondary N) is 1. The van der Waals surface area contributed by atoms with Crippen LogP contribution < -0.4 is 5.32 Å². The number of aryl methyl sites for hydroxylation is 2. The molecule has 1 aromatic heterocycles. The van der Waals surface area contributed by atoms with Gasteiger partial charge in [-0.15, -0.1) is 0 Å². The molecule has 1 aromatic carbocycles. The highest BCUT2D eigenvalue weighted by molar-refractivity contribution is 5.78. The van der Waals surface area contributed by atoms with Gasteiger partial charge in [-0.25, -0.2) is 0 Å². The normalized spacial score (nSPS) is 15.9. The van der Waals surface area contributed by atoms with E-state index in [9.17, 15) is 4.79 Å². The molecule has 140 valence electrons. The summed E-state index contributed by atoms with van der Waals surface area (Å²) in [6.07, 6.45) is 0.878. The molecule has 6 heteroatoms. The minimum absolute atomic E-state index is 0.109. The summed E-state index contributed by atoms with van der Waals surface area (Å²) in [6, 6.07) is 10.3. The average molecular weight is 356 g/mol. The molecule has 1 fully saturated rings. The Kier molecular flexibility index (Phi) is 6.41. The number of carbonyl (C=O) groups is 1. The smallest absolute Gasteiger partial charge is 0.234 e. The van der Waals surface area contributed by atoms with Crippen LogP contribution in [-0.2, 0) is 17.8 Å². The number of benzene rings is 1. The third kappa shape index (κ3) is 5.41. The van der Waals surface area contributed by atoms with Gasteiger partial charge in [-0.1, -0.05) is 29.4 Å². The third-order valence-electron chi connectivity index (χ3n) is 4.87. The molecule has 0 radical (unpaired) electrons. The fourth-order valence-electron chi connectivity index (χ4n) is 3.30. The summed E-state index contributed by atoms with van der Waals surface area (Å²) >= 11 is 0. The van der Waals surface area contributed by atoms with Gasteiger partial charge in [-0.2, -0.15) is 0 Å². The Morgan fingerprint density at radius 1 is 1.15 bits per heavy atom. The molecule has 2 heterocycles. The molecule has 3 rings (SSSR count). The quantitative estimate of drug-likeness (QED) is 0.819. The monoisotopic (exact) mass is 356 g/mol. The molecule has 0 aliphatic carbocycles. The molecule has 0 unspecified atom stereocenters. The first-order valence-electron chi connectivity index (χ1n) is 9.28. The Hall–Kier alpha value is -2.18. The summed E-state index contributed by atoms with van der Waals surface area (Å²) in [7, 11) is 0. The Bertz CT molecular complexity index is 720. The van der Waals surface area contributed by atoms with Gasteiger partial charge in [-0.3, -0.25) is 14.6 Å². The van der Waals surface area contributed by atoms with Crippen molar-refractivity contribution in [2.45, 2.75) is 26.8 Å². The van der Waals surface area contributed by atoms with Gasteiger partial charge in [0, 0.05) is 38.8 Å². The number of piperazine rings is 1. The number of hydrogen-bond donors (Lipinski definition) is 1. The maximum Gasteiger partial charge on any atom is 0.234 e. The number of rotatable bonds is 7. The van der Waals surface area contributed by atoms with Gasteiger partial charge in [0.05, 0.1) is 18.8 Å². The highest BCUT2D eigenvalue weighted by Crippen LogP contribution is 2.10. The van der Waals surface area contributed by atoms with Crippen LogP contribution in [0.15, 0.2) is 34.9 Å². The van der Waals surface area contributed by atoms with E-state index < -0.39 is 0 Å². The maximum absolute atomic E-state index is 12.2. The third-order valence-corrected chi connectivity index (χ3v) is 4.87. The minimum atomic E-state index is 0.109. The summed E-state index contributed by atoms with van der Waals surface area (Å²) in [6.45, 7) is 9.68. The Labute approximate surface area is 155 Å². The fourth-order valence-corrected chi connectivity index (χ4v) is 3.30. The first-order valence-corrected chi connectivity index (χ1v) is 9.28. The lowest BCUT2D eigenvalue weighted by Gasteiger charge is -2.33. The average Bonchev–Trinajstić information content (AvgIpc) is 3.03. The van der Waals surface area contributed by atoms with Gasteiger partial charge in [0.25, 0.3) is 0 Å². The number of hydrogen-bond acceptors (Lipinski definition) is 5. The number of amides is 1. The molecule has 2 aromatic rings. The van der Waals surface area contributed by atoms with Crippen LogP contribution >= 0.6 is 0 Å². The van der Waals surface area contributed by atoms with E-state index in [-0.39, 0.29) is 5.91 Å². The summed E-state index contributed by atoms with van der Waals surface area (Å²) in [4.78, 5) is 16.7. The molecule has 0 atom stereocenters. The van der Waals surface area contributed by atoms with Crippen molar-refractivity contribution >= 4 is 5.91 Å². The van der Waals surface area contributed by atoms with E-state index in [0.29, 0.717) is 13.1 Å². The van der Waals surface area contributed by atoms with Crippen LogP contribution in [0, 0.1) is 13.8 Å². The van der Waals surface area contributed by atoms with Crippen molar-refractivity contribution in [1.82, 2.24) is 20.3 Å². The zero-order valence-electron chi connectivity index (χ0n) is 15.7. The maximum atomic E-state index is 12.2. The Balaban J connectivity index is 1.33. The van der Waals surface area contributed by atoms with Crippen LogP contribution in [0.2, 0.25) is 0 Å². The van der Waals surface area contributed by atoms with Crippen LogP contribution in [0.25, 0.3) is 0 Å². The highest BCUT2D eigenvalue weighted by atomic mass is 16.5. The van der Waals surface area contributed by atoms with E-state index in [1.165, 1.54) is 11.1 Å². The first-order chi connectivity index (χ1) is 12.6. The molecular weight excluding hydrogens is 328 g/mol. The van der Waals surface area contributed by atoms with Crippen molar-refractivity contribution in [1.29, 1.82) is 0 Å². The lowest BCUT2D eigenvalue weighted by atomic mass is 10.1. The summed E-state index contributed by atoms with van der Waals surface area (Å²) in [5.74, 6) is 1.02. The summed E-state index contributed by atoms with van der Waals surface area (Å²) < 4.78 is 5.28. The second-order valence-corrected chi connectivity index (χ2v) is 7.01. The second kappa shape index (κ2) is 8.96. The van der Waals surface area contributed by atoms with Crippen LogP contribution in [-0.4, -0.2) is 60.1 Å². The molecule has 0 spiro atoms.